The molecule has 18 heavy (non-hydrogen) atoms. The standard InChI is InChI=1S/C11H16BrN5S/c1-4-8-10(12)9(17(3)15-8)5-7(13)11-6(2)14-16-18-11/h7H,4-5,13H2,1-3H3. The lowest BCUT2D eigenvalue weighted by molar-refractivity contribution is 0.640. The van der Waals surface area contributed by atoms with Crippen LogP contribution in [0.25, 0.3) is 0 Å². The predicted molar refractivity (Wildman–Crippen MR) is 75.6 cm³/mol. The number of aryl methyl sites for hydroxylation is 3. The minimum atomic E-state index is -0.0820. The van der Waals surface area contributed by atoms with Gasteiger partial charge in [0.05, 0.1) is 26.4 Å². The van der Waals surface area contributed by atoms with Crippen LogP contribution < -0.4 is 5.73 Å². The predicted octanol–water partition coefficient (Wildman–Crippen LogP) is 2.15. The Morgan fingerprint density at radius 2 is 2.22 bits per heavy atom. The Balaban J connectivity index is 2.24. The molecule has 0 radical (unpaired) electrons. The van der Waals surface area contributed by atoms with E-state index < -0.39 is 0 Å². The van der Waals surface area contributed by atoms with Crippen molar-refractivity contribution in [1.82, 2.24) is 19.4 Å². The first-order valence-corrected chi connectivity index (χ1v) is 7.35. The number of hydrogen-bond acceptors (Lipinski definition) is 5. The molecule has 2 aromatic heterocycles. The van der Waals surface area contributed by atoms with Gasteiger partial charge in [-0.15, -0.1) is 5.10 Å². The maximum Gasteiger partial charge on any atom is 0.0772 e. The van der Waals surface area contributed by atoms with Crippen molar-refractivity contribution in [2.75, 3.05) is 0 Å². The van der Waals surface area contributed by atoms with Crippen LogP contribution >= 0.6 is 27.5 Å². The van der Waals surface area contributed by atoms with Crippen molar-refractivity contribution < 1.29 is 0 Å². The van der Waals surface area contributed by atoms with Crippen LogP contribution in [0.5, 0.6) is 0 Å². The minimum Gasteiger partial charge on any atom is -0.323 e. The number of nitrogens with zero attached hydrogens (tertiary/aromatic N) is 4. The molecule has 7 heteroatoms. The Labute approximate surface area is 119 Å². The SMILES string of the molecule is CCc1nn(C)c(CC(N)c2snnc2C)c1Br. The number of hydrogen-bond donors (Lipinski definition) is 1. The average Bonchev–Trinajstić information content (AvgIpc) is 2.87. The van der Waals surface area contributed by atoms with Crippen molar-refractivity contribution in [2.45, 2.75) is 32.7 Å². The van der Waals surface area contributed by atoms with Crippen LogP contribution in [0.1, 0.15) is 34.9 Å². The summed E-state index contributed by atoms with van der Waals surface area (Å²) >= 11 is 4.98. The number of rotatable bonds is 4. The molecule has 2 N–H and O–H groups in total. The Bertz CT molecular complexity index is 548. The molecule has 1 atom stereocenters. The highest BCUT2D eigenvalue weighted by atomic mass is 79.9. The second-order valence-corrected chi connectivity index (χ2v) is 5.80. The second kappa shape index (κ2) is 5.46. The van der Waals surface area contributed by atoms with Crippen molar-refractivity contribution in [3.05, 3.63) is 26.4 Å². The molecule has 0 fully saturated rings. The lowest BCUT2D eigenvalue weighted by Gasteiger charge is -2.10. The summed E-state index contributed by atoms with van der Waals surface area (Å²) in [5.74, 6) is 0. The van der Waals surface area contributed by atoms with E-state index in [1.54, 1.807) is 0 Å². The van der Waals surface area contributed by atoms with E-state index in [-0.39, 0.29) is 6.04 Å². The molecule has 5 nitrogen and oxygen atoms in total. The molecular formula is C11H16BrN5S. The van der Waals surface area contributed by atoms with E-state index in [9.17, 15) is 0 Å². The molecule has 0 saturated carbocycles. The van der Waals surface area contributed by atoms with Gasteiger partial charge in [-0.2, -0.15) is 5.10 Å². The zero-order valence-electron chi connectivity index (χ0n) is 10.6. The Morgan fingerprint density at radius 3 is 2.72 bits per heavy atom. The largest absolute Gasteiger partial charge is 0.323 e. The zero-order chi connectivity index (χ0) is 13.3. The first-order chi connectivity index (χ1) is 8.54. The number of halogens is 1. The lowest BCUT2D eigenvalue weighted by atomic mass is 10.1. The van der Waals surface area contributed by atoms with Gasteiger partial charge in [0.15, 0.2) is 0 Å². The van der Waals surface area contributed by atoms with E-state index >= 15 is 0 Å². The summed E-state index contributed by atoms with van der Waals surface area (Å²) in [6.45, 7) is 4.03. The topological polar surface area (TPSA) is 69.6 Å². The fraction of sp³-hybridized carbons (Fsp3) is 0.545. The van der Waals surface area contributed by atoms with E-state index in [0.29, 0.717) is 0 Å². The highest BCUT2D eigenvalue weighted by molar-refractivity contribution is 9.10. The van der Waals surface area contributed by atoms with Crippen LogP contribution in [0.2, 0.25) is 0 Å². The molecule has 0 spiro atoms. The summed E-state index contributed by atoms with van der Waals surface area (Å²) < 4.78 is 6.89. The molecular weight excluding hydrogens is 314 g/mol. The molecule has 2 aromatic rings. The van der Waals surface area contributed by atoms with Crippen LogP contribution in [0.15, 0.2) is 4.47 Å². The summed E-state index contributed by atoms with van der Waals surface area (Å²) in [5, 5.41) is 8.47. The zero-order valence-corrected chi connectivity index (χ0v) is 13.0. The van der Waals surface area contributed by atoms with Crippen LogP contribution in [0, 0.1) is 6.92 Å². The van der Waals surface area contributed by atoms with Crippen LogP contribution in [-0.2, 0) is 19.9 Å². The Hall–Kier alpha value is -0.790. The van der Waals surface area contributed by atoms with Crippen molar-refractivity contribution >= 4 is 27.5 Å². The van der Waals surface area contributed by atoms with E-state index in [1.165, 1.54) is 11.5 Å². The van der Waals surface area contributed by atoms with Crippen molar-refractivity contribution in [3.8, 4) is 0 Å². The quantitative estimate of drug-likeness (QED) is 0.932. The minimum absolute atomic E-state index is 0.0820. The van der Waals surface area contributed by atoms with E-state index in [1.807, 2.05) is 18.7 Å². The highest BCUT2D eigenvalue weighted by Gasteiger charge is 2.19. The number of aromatic nitrogens is 4. The summed E-state index contributed by atoms with van der Waals surface area (Å²) in [5.41, 5.74) is 9.33. The fourth-order valence-electron chi connectivity index (χ4n) is 1.92. The monoisotopic (exact) mass is 329 g/mol. The van der Waals surface area contributed by atoms with Gasteiger partial charge in [0, 0.05) is 19.5 Å². The second-order valence-electron chi connectivity index (χ2n) is 4.22. The van der Waals surface area contributed by atoms with Gasteiger partial charge in [0.2, 0.25) is 0 Å². The van der Waals surface area contributed by atoms with E-state index in [0.717, 1.165) is 39.3 Å². The molecule has 0 aliphatic heterocycles. The van der Waals surface area contributed by atoms with Gasteiger partial charge < -0.3 is 5.73 Å². The van der Waals surface area contributed by atoms with Gasteiger partial charge in [-0.05, 0) is 40.8 Å². The van der Waals surface area contributed by atoms with Gasteiger partial charge in [-0.1, -0.05) is 11.4 Å². The van der Waals surface area contributed by atoms with E-state index in [2.05, 4.69) is 37.5 Å². The van der Waals surface area contributed by atoms with Crippen LogP contribution in [0.3, 0.4) is 0 Å². The summed E-state index contributed by atoms with van der Waals surface area (Å²) in [4.78, 5) is 1.04. The van der Waals surface area contributed by atoms with Gasteiger partial charge in [0.25, 0.3) is 0 Å². The molecule has 0 amide bonds. The Morgan fingerprint density at radius 1 is 1.50 bits per heavy atom. The molecule has 0 saturated heterocycles. The third kappa shape index (κ3) is 2.48. The van der Waals surface area contributed by atoms with Gasteiger partial charge in [-0.25, -0.2) is 0 Å². The lowest BCUT2D eigenvalue weighted by Crippen LogP contribution is -2.15. The molecule has 0 aromatic carbocycles. The molecule has 1 unspecified atom stereocenters. The maximum absolute atomic E-state index is 6.23. The molecule has 0 aliphatic carbocycles. The third-order valence-electron chi connectivity index (χ3n) is 2.94. The average molecular weight is 330 g/mol. The van der Waals surface area contributed by atoms with Gasteiger partial charge >= 0.3 is 0 Å². The smallest absolute Gasteiger partial charge is 0.0772 e. The van der Waals surface area contributed by atoms with Gasteiger partial charge in [0.1, 0.15) is 0 Å². The van der Waals surface area contributed by atoms with Crippen LogP contribution in [0.4, 0.5) is 0 Å². The molecule has 2 rings (SSSR count). The first kappa shape index (κ1) is 13.6. The third-order valence-corrected chi connectivity index (χ3v) is 4.81. The molecule has 98 valence electrons. The summed E-state index contributed by atoms with van der Waals surface area (Å²) in [6, 6.07) is -0.0820. The van der Waals surface area contributed by atoms with Crippen molar-refractivity contribution in [2.24, 2.45) is 12.8 Å². The van der Waals surface area contributed by atoms with Crippen molar-refractivity contribution in [1.29, 1.82) is 0 Å². The van der Waals surface area contributed by atoms with E-state index in [4.69, 9.17) is 5.73 Å². The number of nitrogens with two attached hydrogens (primary N) is 1. The van der Waals surface area contributed by atoms with Crippen LogP contribution in [-0.4, -0.2) is 19.4 Å². The van der Waals surface area contributed by atoms with Crippen molar-refractivity contribution in [3.63, 3.8) is 0 Å². The highest BCUT2D eigenvalue weighted by Crippen LogP contribution is 2.27. The molecule has 0 aliphatic rings. The summed E-state index contributed by atoms with van der Waals surface area (Å²) in [6.07, 6.45) is 1.64. The molecule has 2 heterocycles. The maximum atomic E-state index is 6.23. The van der Waals surface area contributed by atoms with Gasteiger partial charge in [-0.3, -0.25) is 4.68 Å². The Kier molecular flexibility index (Phi) is 4.14. The summed E-state index contributed by atoms with van der Waals surface area (Å²) in [7, 11) is 1.95. The fourth-order valence-corrected chi connectivity index (χ4v) is 3.34. The molecule has 0 bridgehead atoms. The normalized spacial score (nSPS) is 12.9. The first-order valence-electron chi connectivity index (χ1n) is 5.79.